The lowest BCUT2D eigenvalue weighted by molar-refractivity contribution is -0.167. The molecule has 390 valence electrons. The number of thioether (sulfide) groups is 1. The molecule has 0 heterocycles. The maximum Gasteiger partial charge on any atom is 0.306 e. The van der Waals surface area contributed by atoms with Crippen molar-refractivity contribution in [1.29, 1.82) is 0 Å². The monoisotopic (exact) mass is 972 g/mol. The van der Waals surface area contributed by atoms with Crippen molar-refractivity contribution < 1.29 is 62.0 Å². The highest BCUT2D eigenvalue weighted by Gasteiger charge is 2.23. The smallest absolute Gasteiger partial charge is 0.306 e. The summed E-state index contributed by atoms with van der Waals surface area (Å²) in [6.07, 6.45) is 20.4. The van der Waals surface area contributed by atoms with E-state index in [1.165, 1.54) is 11.8 Å². The number of rotatable bonds is 46. The van der Waals surface area contributed by atoms with Gasteiger partial charge < -0.3 is 33.3 Å². The molecule has 0 saturated carbocycles. The van der Waals surface area contributed by atoms with Gasteiger partial charge in [-0.25, -0.2) is 0 Å². The van der Waals surface area contributed by atoms with Crippen LogP contribution in [0.15, 0.2) is 0 Å². The second-order valence-electron chi connectivity index (χ2n) is 18.1. The molecule has 67 heavy (non-hydrogen) atoms. The van der Waals surface area contributed by atoms with Crippen LogP contribution in [0.1, 0.15) is 227 Å². The van der Waals surface area contributed by atoms with Crippen molar-refractivity contribution in [2.75, 3.05) is 47.1 Å². The van der Waals surface area contributed by atoms with Crippen LogP contribution in [0.3, 0.4) is 0 Å². The van der Waals surface area contributed by atoms with Crippen molar-refractivity contribution >= 4 is 52.7 Å². The molecule has 0 aromatic carbocycles. The van der Waals surface area contributed by atoms with E-state index >= 15 is 0 Å². The van der Waals surface area contributed by atoms with Gasteiger partial charge in [-0.2, -0.15) is 0 Å². The third-order valence-electron chi connectivity index (χ3n) is 11.1. The lowest BCUT2D eigenvalue weighted by Crippen LogP contribution is -2.31. The molecule has 0 aromatic heterocycles. The first-order valence-corrected chi connectivity index (χ1v) is 27.1. The summed E-state index contributed by atoms with van der Waals surface area (Å²) < 4.78 is 33.1. The van der Waals surface area contributed by atoms with Crippen LogP contribution >= 0.6 is 11.8 Å². The highest BCUT2D eigenvalue weighted by Crippen LogP contribution is 2.26. The Bertz CT molecular complexity index is 1280. The van der Waals surface area contributed by atoms with Crippen LogP contribution in [-0.4, -0.2) is 110 Å². The summed E-state index contributed by atoms with van der Waals surface area (Å²) >= 11 is 1.22. The highest BCUT2D eigenvalue weighted by atomic mass is 32.2. The van der Waals surface area contributed by atoms with Gasteiger partial charge in [0.05, 0.1) is 0 Å². The molecule has 0 amide bonds. The van der Waals surface area contributed by atoms with Crippen LogP contribution in [-0.2, 0) is 62.0 Å². The summed E-state index contributed by atoms with van der Waals surface area (Å²) in [7, 11) is 3.90. The summed E-state index contributed by atoms with van der Waals surface area (Å²) in [5.74, 6) is -2.64. The second-order valence-corrected chi connectivity index (χ2v) is 19.4. The number of hydrogen-bond acceptors (Lipinski definition) is 15. The Hall–Kier alpha value is -3.20. The first-order valence-electron chi connectivity index (χ1n) is 26.2. The number of hydrogen-bond donors (Lipinski definition) is 0. The number of ether oxygens (including phenoxy) is 6. The third-order valence-corrected chi connectivity index (χ3v) is 12.4. The minimum atomic E-state index is -0.952. The predicted octanol–water partition coefficient (Wildman–Crippen LogP) is 11.3. The van der Waals surface area contributed by atoms with E-state index in [0.717, 1.165) is 103 Å². The highest BCUT2D eigenvalue weighted by molar-refractivity contribution is 8.14. The zero-order valence-corrected chi connectivity index (χ0v) is 43.7. The van der Waals surface area contributed by atoms with Crippen molar-refractivity contribution in [1.82, 2.24) is 4.90 Å². The van der Waals surface area contributed by atoms with Crippen molar-refractivity contribution in [3.05, 3.63) is 0 Å². The first-order chi connectivity index (χ1) is 32.3. The molecule has 0 aromatic rings. The quantitative estimate of drug-likeness (QED) is 0.0319. The van der Waals surface area contributed by atoms with Gasteiger partial charge in [0.25, 0.3) is 0 Å². The predicted molar refractivity (Wildman–Crippen MR) is 264 cm³/mol. The molecule has 0 aliphatic rings. The Morgan fingerprint density at radius 1 is 0.373 bits per heavy atom. The van der Waals surface area contributed by atoms with E-state index in [2.05, 4.69) is 27.7 Å². The number of esters is 6. The van der Waals surface area contributed by atoms with Crippen LogP contribution in [0, 0.1) is 0 Å². The number of unbranched alkanes of at least 4 members (excludes halogenated alkanes) is 15. The molecule has 0 rings (SSSR count). The molecule has 0 aliphatic heterocycles. The molecule has 0 N–H and O–H groups in total. The zero-order chi connectivity index (χ0) is 49.8. The van der Waals surface area contributed by atoms with Crippen molar-refractivity contribution in [2.24, 2.45) is 0 Å². The summed E-state index contributed by atoms with van der Waals surface area (Å²) in [6.45, 7) is 8.36. The Morgan fingerprint density at radius 3 is 0.985 bits per heavy atom. The molecule has 0 saturated heterocycles. The van der Waals surface area contributed by atoms with Gasteiger partial charge in [0.2, 0.25) is 0 Å². The second kappa shape index (κ2) is 45.3. The van der Waals surface area contributed by atoms with E-state index < -0.39 is 48.0 Å². The molecule has 2 atom stereocenters. The van der Waals surface area contributed by atoms with E-state index in [9.17, 15) is 33.6 Å². The standard InChI is InChI=1S/C52H93NO13S/c1-7-11-15-19-23-32-47(55)62-40-43(39-61-46(54)31-22-18-14-10-4)65-50(58)35-26-29-45(67-52(60)37-28-38-53(5)6)30-27-36-51(59)66-44(41-63-48(56)33-24-20-16-12-8-2)42-64-49(57)34-25-21-17-13-9-3/h43-45H,7-42H2,1-6H3. The fraction of sp³-hybridized carbons (Fsp3) is 0.865. The molecular formula is C52H93NO13S. The van der Waals surface area contributed by atoms with E-state index in [-0.39, 0.29) is 75.3 Å². The van der Waals surface area contributed by atoms with Crippen LogP contribution < -0.4 is 0 Å². The molecular weight excluding hydrogens is 879 g/mol. The van der Waals surface area contributed by atoms with Crippen LogP contribution in [0.2, 0.25) is 0 Å². The van der Waals surface area contributed by atoms with Gasteiger partial charge in [-0.3, -0.25) is 33.6 Å². The van der Waals surface area contributed by atoms with Gasteiger partial charge in [0.15, 0.2) is 17.3 Å². The maximum absolute atomic E-state index is 13.2. The fourth-order valence-electron chi connectivity index (χ4n) is 7.06. The first kappa shape index (κ1) is 63.8. The number of carbonyl (C=O) groups is 7. The van der Waals surface area contributed by atoms with Crippen molar-refractivity contribution in [3.8, 4) is 0 Å². The Balaban J connectivity index is 5.51. The fourth-order valence-corrected chi connectivity index (χ4v) is 8.27. The summed E-state index contributed by atoms with van der Waals surface area (Å²) in [5.41, 5.74) is 0. The Morgan fingerprint density at radius 2 is 0.672 bits per heavy atom. The minimum absolute atomic E-state index is 0.0252. The molecule has 0 spiro atoms. The van der Waals surface area contributed by atoms with Gasteiger partial charge in [-0.05, 0) is 78.4 Å². The molecule has 2 unspecified atom stereocenters. The van der Waals surface area contributed by atoms with E-state index in [4.69, 9.17) is 28.4 Å². The van der Waals surface area contributed by atoms with E-state index in [1.54, 1.807) is 0 Å². The SMILES string of the molecule is CCCCCCCC(=O)OCC(COC(=O)CCCCCC)OC(=O)CCCC(CCCC(=O)OC(COC(=O)CCCCCCC)COC(=O)CCCCCCC)SC(=O)CCCN(C)C. The molecule has 0 radical (unpaired) electrons. The average molecular weight is 972 g/mol. The Kier molecular flexibility index (Phi) is 43.1. The maximum atomic E-state index is 13.2. The lowest BCUT2D eigenvalue weighted by Gasteiger charge is -2.20. The molecule has 0 bridgehead atoms. The average Bonchev–Trinajstić information content (AvgIpc) is 3.29. The normalized spacial score (nSPS) is 12.1. The molecule has 0 aliphatic carbocycles. The van der Waals surface area contributed by atoms with Gasteiger partial charge in [0.1, 0.15) is 26.4 Å². The van der Waals surface area contributed by atoms with Crippen molar-refractivity contribution in [2.45, 2.75) is 244 Å². The summed E-state index contributed by atoms with van der Waals surface area (Å²) in [4.78, 5) is 91.3. The van der Waals surface area contributed by atoms with Crippen LogP contribution in [0.4, 0.5) is 0 Å². The van der Waals surface area contributed by atoms with Gasteiger partial charge in [0, 0.05) is 50.2 Å². The van der Waals surface area contributed by atoms with E-state index in [1.807, 2.05) is 19.0 Å². The summed E-state index contributed by atoms with van der Waals surface area (Å²) in [5, 5.41) is -0.164. The van der Waals surface area contributed by atoms with Crippen LogP contribution in [0.25, 0.3) is 0 Å². The third kappa shape index (κ3) is 42.6. The minimum Gasteiger partial charge on any atom is -0.462 e. The molecule has 15 heteroatoms. The van der Waals surface area contributed by atoms with Gasteiger partial charge >= 0.3 is 35.8 Å². The van der Waals surface area contributed by atoms with E-state index in [0.29, 0.717) is 64.2 Å². The number of nitrogens with zero attached hydrogens (tertiary/aromatic N) is 1. The largest absolute Gasteiger partial charge is 0.462 e. The van der Waals surface area contributed by atoms with Gasteiger partial charge in [-0.1, -0.05) is 136 Å². The zero-order valence-electron chi connectivity index (χ0n) is 42.9. The Labute approximate surface area is 409 Å². The molecule has 14 nitrogen and oxygen atoms in total. The summed E-state index contributed by atoms with van der Waals surface area (Å²) in [6, 6.07) is 0. The van der Waals surface area contributed by atoms with Crippen molar-refractivity contribution in [3.63, 3.8) is 0 Å². The van der Waals surface area contributed by atoms with Gasteiger partial charge in [-0.15, -0.1) is 0 Å². The topological polar surface area (TPSA) is 178 Å². The van der Waals surface area contributed by atoms with Crippen LogP contribution in [0.5, 0.6) is 0 Å². The molecule has 0 fully saturated rings. The number of carbonyl (C=O) groups excluding carboxylic acids is 7. The lowest BCUT2D eigenvalue weighted by atomic mass is 10.1.